The maximum atomic E-state index is 12.5. The molecule has 4 N–H and O–H groups in total. The first-order chi connectivity index (χ1) is 12.1. The molecule has 1 aromatic rings. The Morgan fingerprint density at radius 3 is 2.23 bits per heavy atom. The van der Waals surface area contributed by atoms with Gasteiger partial charge in [0.05, 0.1) is 4.90 Å². The largest absolute Gasteiger partial charge is 0.352 e. The number of unbranched alkanes of at least 4 members (excludes halogenated alkanes) is 1. The van der Waals surface area contributed by atoms with Crippen LogP contribution in [0, 0.1) is 5.92 Å². The van der Waals surface area contributed by atoms with Crippen LogP contribution in [0.4, 0.5) is 10.5 Å². The van der Waals surface area contributed by atoms with Crippen molar-refractivity contribution in [3.05, 3.63) is 24.3 Å². The molecule has 0 radical (unpaired) electrons. The lowest BCUT2D eigenvalue weighted by molar-refractivity contribution is -0.118. The van der Waals surface area contributed by atoms with E-state index in [9.17, 15) is 18.0 Å². The Labute approximate surface area is 155 Å². The molecule has 0 aliphatic carbocycles. The zero-order valence-electron chi connectivity index (χ0n) is 15.7. The molecule has 0 fully saturated rings. The summed E-state index contributed by atoms with van der Waals surface area (Å²) >= 11 is 0. The molecule has 0 saturated carbocycles. The molecular weight excluding hydrogens is 356 g/mol. The molecular formula is C17H28N4O4S. The molecule has 3 amide bonds. The molecule has 0 heterocycles. The van der Waals surface area contributed by atoms with Crippen LogP contribution in [-0.4, -0.2) is 44.3 Å². The summed E-state index contributed by atoms with van der Waals surface area (Å²) in [6, 6.07) is 4.35. The van der Waals surface area contributed by atoms with Crippen molar-refractivity contribution in [3.63, 3.8) is 0 Å². The van der Waals surface area contributed by atoms with Gasteiger partial charge < -0.3 is 16.4 Å². The van der Waals surface area contributed by atoms with E-state index in [0.717, 1.165) is 12.8 Å². The number of hydrogen-bond donors (Lipinski definition) is 3. The predicted molar refractivity (Wildman–Crippen MR) is 101 cm³/mol. The second kappa shape index (κ2) is 9.54. The number of benzene rings is 1. The summed E-state index contributed by atoms with van der Waals surface area (Å²) in [4.78, 5) is 23.5. The van der Waals surface area contributed by atoms with Gasteiger partial charge in [0.25, 0.3) is 0 Å². The highest BCUT2D eigenvalue weighted by atomic mass is 32.2. The highest BCUT2D eigenvalue weighted by Crippen LogP contribution is 2.18. The minimum absolute atomic E-state index is 0.157. The molecule has 0 spiro atoms. The van der Waals surface area contributed by atoms with Crippen LogP contribution in [0.5, 0.6) is 0 Å². The Hall–Kier alpha value is -2.13. The van der Waals surface area contributed by atoms with Gasteiger partial charge in [0, 0.05) is 19.3 Å². The fourth-order valence-electron chi connectivity index (χ4n) is 2.30. The summed E-state index contributed by atoms with van der Waals surface area (Å²) in [5.41, 5.74) is 5.52. The number of nitrogens with one attached hydrogen (secondary N) is 2. The van der Waals surface area contributed by atoms with Crippen LogP contribution in [0.3, 0.4) is 0 Å². The van der Waals surface area contributed by atoms with Crippen molar-refractivity contribution in [2.24, 2.45) is 11.7 Å². The molecule has 0 aromatic heterocycles. The maximum Gasteiger partial charge on any atom is 0.312 e. The number of urea groups is 1. The van der Waals surface area contributed by atoms with E-state index in [2.05, 4.69) is 10.6 Å². The minimum atomic E-state index is -3.56. The SMILES string of the molecule is CCCCN(C)S(=O)(=O)c1ccc(NC(=O)[C@@H](NC(N)=O)C(C)C)cc1. The number of anilines is 1. The van der Waals surface area contributed by atoms with Gasteiger partial charge >= 0.3 is 6.03 Å². The van der Waals surface area contributed by atoms with E-state index >= 15 is 0 Å². The van der Waals surface area contributed by atoms with E-state index in [4.69, 9.17) is 5.73 Å². The first-order valence-corrected chi connectivity index (χ1v) is 9.96. The summed E-state index contributed by atoms with van der Waals surface area (Å²) in [6.07, 6.45) is 1.69. The Morgan fingerprint density at radius 2 is 1.77 bits per heavy atom. The number of amides is 3. The third-order valence-corrected chi connectivity index (χ3v) is 5.77. The molecule has 1 rings (SSSR count). The van der Waals surface area contributed by atoms with Gasteiger partial charge in [-0.15, -0.1) is 0 Å². The van der Waals surface area contributed by atoms with Gasteiger partial charge in [0.15, 0.2) is 0 Å². The first-order valence-electron chi connectivity index (χ1n) is 8.52. The van der Waals surface area contributed by atoms with Gasteiger partial charge in [-0.3, -0.25) is 4.79 Å². The topological polar surface area (TPSA) is 122 Å². The average molecular weight is 385 g/mol. The number of primary amides is 1. The van der Waals surface area contributed by atoms with Crippen molar-refractivity contribution in [2.75, 3.05) is 18.9 Å². The number of sulfonamides is 1. The second-order valence-corrected chi connectivity index (χ2v) is 8.47. The zero-order valence-corrected chi connectivity index (χ0v) is 16.5. The third-order valence-electron chi connectivity index (χ3n) is 3.90. The molecule has 0 aliphatic rings. The van der Waals surface area contributed by atoms with Crippen molar-refractivity contribution in [3.8, 4) is 0 Å². The van der Waals surface area contributed by atoms with Crippen molar-refractivity contribution in [2.45, 2.75) is 44.6 Å². The van der Waals surface area contributed by atoms with Gasteiger partial charge in [-0.25, -0.2) is 17.5 Å². The number of nitrogens with two attached hydrogens (primary N) is 1. The number of carbonyl (C=O) groups is 2. The van der Waals surface area contributed by atoms with E-state index in [1.165, 1.54) is 28.6 Å². The van der Waals surface area contributed by atoms with Crippen molar-refractivity contribution in [1.29, 1.82) is 0 Å². The third kappa shape index (κ3) is 5.99. The number of nitrogens with zero attached hydrogens (tertiary/aromatic N) is 1. The van der Waals surface area contributed by atoms with E-state index < -0.39 is 28.0 Å². The van der Waals surface area contributed by atoms with Crippen LogP contribution in [0.25, 0.3) is 0 Å². The van der Waals surface area contributed by atoms with E-state index in [-0.39, 0.29) is 10.8 Å². The quantitative estimate of drug-likeness (QED) is 0.600. The van der Waals surface area contributed by atoms with Gasteiger partial charge in [-0.05, 0) is 36.6 Å². The van der Waals surface area contributed by atoms with Crippen LogP contribution in [-0.2, 0) is 14.8 Å². The lowest BCUT2D eigenvalue weighted by Gasteiger charge is -2.21. The number of rotatable bonds is 9. The molecule has 146 valence electrons. The molecule has 1 aromatic carbocycles. The van der Waals surface area contributed by atoms with E-state index in [1.54, 1.807) is 20.9 Å². The van der Waals surface area contributed by atoms with Gasteiger partial charge in [-0.2, -0.15) is 0 Å². The lowest BCUT2D eigenvalue weighted by atomic mass is 10.0. The van der Waals surface area contributed by atoms with Crippen LogP contribution in [0.1, 0.15) is 33.6 Å². The number of carbonyl (C=O) groups excluding carboxylic acids is 2. The molecule has 1 atom stereocenters. The first kappa shape index (κ1) is 21.9. The second-order valence-electron chi connectivity index (χ2n) is 6.42. The Morgan fingerprint density at radius 1 is 1.19 bits per heavy atom. The maximum absolute atomic E-state index is 12.5. The summed E-state index contributed by atoms with van der Waals surface area (Å²) in [5, 5.41) is 5.05. The monoisotopic (exact) mass is 384 g/mol. The van der Waals surface area contributed by atoms with Crippen molar-refractivity contribution < 1.29 is 18.0 Å². The Balaban J connectivity index is 2.87. The molecule has 26 heavy (non-hydrogen) atoms. The van der Waals surface area contributed by atoms with Crippen molar-refractivity contribution in [1.82, 2.24) is 9.62 Å². The molecule has 0 bridgehead atoms. The summed E-state index contributed by atoms with van der Waals surface area (Å²) in [5.74, 6) is -0.580. The van der Waals surface area contributed by atoms with Gasteiger partial charge in [0.2, 0.25) is 15.9 Å². The molecule has 9 heteroatoms. The molecule has 0 saturated heterocycles. The van der Waals surface area contributed by atoms with Gasteiger partial charge in [-0.1, -0.05) is 27.2 Å². The van der Waals surface area contributed by atoms with Gasteiger partial charge in [0.1, 0.15) is 6.04 Å². The van der Waals surface area contributed by atoms with Crippen LogP contribution in [0.2, 0.25) is 0 Å². The highest BCUT2D eigenvalue weighted by Gasteiger charge is 2.24. The highest BCUT2D eigenvalue weighted by molar-refractivity contribution is 7.89. The standard InChI is InChI=1S/C17H28N4O4S/c1-5-6-11-21(4)26(24,25)14-9-7-13(8-10-14)19-16(22)15(12(2)3)20-17(18)23/h7-10,12,15H,5-6,11H2,1-4H3,(H,19,22)(H3,18,20,23)/t15-/m0/s1. The minimum Gasteiger partial charge on any atom is -0.352 e. The lowest BCUT2D eigenvalue weighted by Crippen LogP contribution is -2.49. The molecule has 0 aliphatic heterocycles. The van der Waals surface area contributed by atoms with E-state index in [1.807, 2.05) is 6.92 Å². The normalized spacial score (nSPS) is 12.8. The van der Waals surface area contributed by atoms with Crippen molar-refractivity contribution >= 4 is 27.6 Å². The fraction of sp³-hybridized carbons (Fsp3) is 0.529. The van der Waals surface area contributed by atoms with E-state index in [0.29, 0.717) is 12.2 Å². The summed E-state index contributed by atoms with van der Waals surface area (Å²) < 4.78 is 26.3. The fourth-order valence-corrected chi connectivity index (χ4v) is 3.51. The average Bonchev–Trinajstić information content (AvgIpc) is 2.57. The van der Waals surface area contributed by atoms with Crippen LogP contribution < -0.4 is 16.4 Å². The summed E-state index contributed by atoms with van der Waals surface area (Å²) in [6.45, 7) is 6.01. The predicted octanol–water partition coefficient (Wildman–Crippen LogP) is 1.74. The Bertz CT molecular complexity index is 717. The summed E-state index contributed by atoms with van der Waals surface area (Å²) in [7, 11) is -2.01. The number of hydrogen-bond acceptors (Lipinski definition) is 4. The zero-order chi connectivity index (χ0) is 19.9. The Kier molecular flexibility index (Phi) is 8.04. The molecule has 0 unspecified atom stereocenters. The molecule has 8 nitrogen and oxygen atoms in total. The van der Waals surface area contributed by atoms with Crippen LogP contribution >= 0.6 is 0 Å². The van der Waals surface area contributed by atoms with Crippen LogP contribution in [0.15, 0.2) is 29.2 Å². The smallest absolute Gasteiger partial charge is 0.312 e.